The molecule has 0 saturated carbocycles. The number of carbonyl (C=O) groups excluding carboxylic acids is 2. The van der Waals surface area contributed by atoms with E-state index in [4.69, 9.17) is 9.84 Å². The van der Waals surface area contributed by atoms with Gasteiger partial charge in [-0.3, -0.25) is 4.79 Å². The standard InChI is InChI=1S/C14H26N2O4S/c1-14(2,3)20-13(19)15-11-4-6-16(7-5-11)12(18)10-21-9-8-17/h11,17H,4-10H2,1-3H3,(H,15,19). The maximum Gasteiger partial charge on any atom is 0.407 e. The topological polar surface area (TPSA) is 78.9 Å². The molecular weight excluding hydrogens is 292 g/mol. The normalized spacial score (nSPS) is 16.7. The van der Waals surface area contributed by atoms with Crippen molar-refractivity contribution in [2.75, 3.05) is 31.2 Å². The zero-order valence-electron chi connectivity index (χ0n) is 13.1. The molecule has 6 nitrogen and oxygen atoms in total. The minimum Gasteiger partial charge on any atom is -0.444 e. The van der Waals surface area contributed by atoms with Crippen molar-refractivity contribution >= 4 is 23.8 Å². The third kappa shape index (κ3) is 7.57. The molecule has 0 aromatic carbocycles. The number of thioether (sulfide) groups is 1. The van der Waals surface area contributed by atoms with Crippen molar-refractivity contribution in [1.29, 1.82) is 0 Å². The Labute approximate surface area is 130 Å². The summed E-state index contributed by atoms with van der Waals surface area (Å²) in [7, 11) is 0. The first-order valence-electron chi connectivity index (χ1n) is 7.27. The Morgan fingerprint density at radius 2 is 1.95 bits per heavy atom. The molecule has 0 bridgehead atoms. The molecule has 122 valence electrons. The molecule has 0 atom stereocenters. The number of nitrogens with zero attached hydrogens (tertiary/aromatic N) is 1. The van der Waals surface area contributed by atoms with Crippen LogP contribution in [0.25, 0.3) is 0 Å². The highest BCUT2D eigenvalue weighted by Crippen LogP contribution is 2.14. The van der Waals surface area contributed by atoms with E-state index in [0.717, 1.165) is 12.8 Å². The lowest BCUT2D eigenvalue weighted by atomic mass is 10.1. The SMILES string of the molecule is CC(C)(C)OC(=O)NC1CCN(C(=O)CSCCO)CC1. The van der Waals surface area contributed by atoms with Crippen LogP contribution >= 0.6 is 11.8 Å². The summed E-state index contributed by atoms with van der Waals surface area (Å²) in [5.41, 5.74) is -0.495. The maximum absolute atomic E-state index is 11.9. The Kier molecular flexibility index (Phi) is 7.31. The van der Waals surface area contributed by atoms with Crippen molar-refractivity contribution in [3.63, 3.8) is 0 Å². The lowest BCUT2D eigenvalue weighted by molar-refractivity contribution is -0.129. The molecule has 0 spiro atoms. The number of nitrogens with one attached hydrogen (secondary N) is 1. The summed E-state index contributed by atoms with van der Waals surface area (Å²) in [6, 6.07) is 0.0639. The lowest BCUT2D eigenvalue weighted by Gasteiger charge is -2.32. The Bertz CT molecular complexity index is 349. The minimum absolute atomic E-state index is 0.0639. The van der Waals surface area contributed by atoms with Crippen LogP contribution in [-0.2, 0) is 9.53 Å². The van der Waals surface area contributed by atoms with E-state index in [0.29, 0.717) is 24.6 Å². The molecule has 0 aromatic rings. The Morgan fingerprint density at radius 3 is 2.48 bits per heavy atom. The Balaban J connectivity index is 2.25. The average molecular weight is 318 g/mol. The van der Waals surface area contributed by atoms with E-state index in [1.54, 1.807) is 0 Å². The molecule has 2 amide bonds. The number of hydrogen-bond acceptors (Lipinski definition) is 5. The van der Waals surface area contributed by atoms with Crippen LogP contribution in [-0.4, -0.2) is 64.9 Å². The lowest BCUT2D eigenvalue weighted by Crippen LogP contribution is -2.48. The number of piperidine rings is 1. The van der Waals surface area contributed by atoms with E-state index < -0.39 is 11.7 Å². The summed E-state index contributed by atoms with van der Waals surface area (Å²) in [5.74, 6) is 1.09. The van der Waals surface area contributed by atoms with E-state index in [9.17, 15) is 9.59 Å². The van der Waals surface area contributed by atoms with Crippen LogP contribution in [0.5, 0.6) is 0 Å². The van der Waals surface area contributed by atoms with Crippen LogP contribution < -0.4 is 5.32 Å². The van der Waals surface area contributed by atoms with Crippen molar-refractivity contribution < 1.29 is 19.4 Å². The predicted octanol–water partition coefficient (Wildman–Crippen LogP) is 1.23. The first-order chi connectivity index (χ1) is 9.81. The molecule has 1 aliphatic rings. The molecule has 21 heavy (non-hydrogen) atoms. The first-order valence-corrected chi connectivity index (χ1v) is 8.43. The van der Waals surface area contributed by atoms with Gasteiger partial charge in [-0.2, -0.15) is 0 Å². The first kappa shape index (κ1) is 18.1. The number of ether oxygens (including phenoxy) is 1. The van der Waals surface area contributed by atoms with Crippen LogP contribution in [0.15, 0.2) is 0 Å². The second-order valence-corrected chi connectivity index (χ2v) is 7.18. The van der Waals surface area contributed by atoms with Crippen LogP contribution in [0.2, 0.25) is 0 Å². The third-order valence-corrected chi connectivity index (χ3v) is 3.95. The molecule has 1 fully saturated rings. The molecule has 0 unspecified atom stereocenters. The molecule has 2 N–H and O–H groups in total. The highest BCUT2D eigenvalue weighted by molar-refractivity contribution is 7.99. The maximum atomic E-state index is 11.9. The van der Waals surface area contributed by atoms with Crippen LogP contribution in [0.1, 0.15) is 33.6 Å². The number of hydrogen-bond donors (Lipinski definition) is 2. The van der Waals surface area contributed by atoms with Gasteiger partial charge in [-0.15, -0.1) is 11.8 Å². The van der Waals surface area contributed by atoms with Crippen LogP contribution in [0.3, 0.4) is 0 Å². The highest BCUT2D eigenvalue weighted by Gasteiger charge is 2.25. The highest BCUT2D eigenvalue weighted by atomic mass is 32.2. The zero-order valence-corrected chi connectivity index (χ0v) is 13.9. The van der Waals surface area contributed by atoms with Crippen molar-refractivity contribution in [1.82, 2.24) is 10.2 Å². The monoisotopic (exact) mass is 318 g/mol. The molecule has 0 aliphatic carbocycles. The van der Waals surface area contributed by atoms with Gasteiger partial charge >= 0.3 is 6.09 Å². The van der Waals surface area contributed by atoms with E-state index in [-0.39, 0.29) is 18.6 Å². The van der Waals surface area contributed by atoms with E-state index >= 15 is 0 Å². The smallest absolute Gasteiger partial charge is 0.407 e. The summed E-state index contributed by atoms with van der Waals surface area (Å²) in [4.78, 5) is 25.4. The van der Waals surface area contributed by atoms with Gasteiger partial charge in [0.2, 0.25) is 5.91 Å². The van der Waals surface area contributed by atoms with E-state index in [2.05, 4.69) is 5.32 Å². The number of amides is 2. The third-order valence-electron chi connectivity index (χ3n) is 3.03. The van der Waals surface area contributed by atoms with Gasteiger partial charge in [-0.25, -0.2) is 4.79 Å². The average Bonchev–Trinajstić information content (AvgIpc) is 2.37. The largest absolute Gasteiger partial charge is 0.444 e. The number of rotatable bonds is 5. The molecule has 1 rings (SSSR count). The molecule has 1 heterocycles. The van der Waals surface area contributed by atoms with Gasteiger partial charge in [0.05, 0.1) is 12.4 Å². The van der Waals surface area contributed by atoms with Gasteiger partial charge in [0.15, 0.2) is 0 Å². The van der Waals surface area contributed by atoms with Gasteiger partial charge in [-0.05, 0) is 33.6 Å². The van der Waals surface area contributed by atoms with E-state index in [1.807, 2.05) is 25.7 Å². The summed E-state index contributed by atoms with van der Waals surface area (Å²) in [6.07, 6.45) is 1.09. The van der Waals surface area contributed by atoms with Crippen molar-refractivity contribution in [2.45, 2.75) is 45.3 Å². The fourth-order valence-corrected chi connectivity index (χ4v) is 2.69. The summed E-state index contributed by atoms with van der Waals surface area (Å²) in [5, 5.41) is 11.5. The predicted molar refractivity (Wildman–Crippen MR) is 83.4 cm³/mol. The molecule has 7 heteroatoms. The van der Waals surface area contributed by atoms with Gasteiger partial charge in [-0.1, -0.05) is 0 Å². The summed E-state index contributed by atoms with van der Waals surface area (Å²) in [6.45, 7) is 6.89. The van der Waals surface area contributed by atoms with Crippen LogP contribution in [0, 0.1) is 0 Å². The van der Waals surface area contributed by atoms with Gasteiger partial charge in [0.1, 0.15) is 5.60 Å². The van der Waals surface area contributed by atoms with Crippen molar-refractivity contribution in [3.8, 4) is 0 Å². The van der Waals surface area contributed by atoms with Crippen LogP contribution in [0.4, 0.5) is 4.79 Å². The molecular formula is C14H26N2O4S. The van der Waals surface area contributed by atoms with E-state index in [1.165, 1.54) is 11.8 Å². The number of alkyl carbamates (subject to hydrolysis) is 1. The fourth-order valence-electron chi connectivity index (χ4n) is 2.06. The molecule has 1 aliphatic heterocycles. The number of aliphatic hydroxyl groups is 1. The van der Waals surface area contributed by atoms with Gasteiger partial charge in [0.25, 0.3) is 0 Å². The van der Waals surface area contributed by atoms with Gasteiger partial charge < -0.3 is 20.1 Å². The summed E-state index contributed by atoms with van der Waals surface area (Å²) < 4.78 is 5.22. The van der Waals surface area contributed by atoms with Gasteiger partial charge in [0, 0.05) is 24.9 Å². The molecule has 0 aromatic heterocycles. The number of likely N-dealkylation sites (tertiary alicyclic amines) is 1. The van der Waals surface area contributed by atoms with Crippen molar-refractivity contribution in [2.24, 2.45) is 0 Å². The second-order valence-electron chi connectivity index (χ2n) is 6.08. The Morgan fingerprint density at radius 1 is 1.33 bits per heavy atom. The second kappa shape index (κ2) is 8.48. The molecule has 1 saturated heterocycles. The molecule has 0 radical (unpaired) electrons. The number of aliphatic hydroxyl groups excluding tert-OH is 1. The zero-order chi connectivity index (χ0) is 15.9. The minimum atomic E-state index is -0.495. The van der Waals surface area contributed by atoms with Crippen molar-refractivity contribution in [3.05, 3.63) is 0 Å². The Hall–Kier alpha value is -0.950. The number of carbonyl (C=O) groups is 2. The quantitative estimate of drug-likeness (QED) is 0.745. The fraction of sp³-hybridized carbons (Fsp3) is 0.857. The summed E-state index contributed by atoms with van der Waals surface area (Å²) >= 11 is 1.44.